The first-order valence-electron chi connectivity index (χ1n) is 5.23. The molecule has 0 bridgehead atoms. The Morgan fingerprint density at radius 1 is 1.05 bits per heavy atom. The fourth-order valence-electron chi connectivity index (χ4n) is 0.893. The minimum absolute atomic E-state index is 0.0138. The Balaban J connectivity index is 0. The second-order valence-corrected chi connectivity index (χ2v) is 18.2. The van der Waals surface area contributed by atoms with Crippen LogP contribution >= 0.6 is 40.0 Å². The average Bonchev–Trinajstić information content (AvgIpc) is 2.40. The molecule has 0 unspecified atom stereocenters. The van der Waals surface area contributed by atoms with Crippen LogP contribution in [0.5, 0.6) is 0 Å². The third-order valence-corrected chi connectivity index (χ3v) is 4.73. The van der Waals surface area contributed by atoms with E-state index in [0.29, 0.717) is 15.0 Å². The van der Waals surface area contributed by atoms with Crippen LogP contribution in [0.15, 0.2) is 11.1 Å². The Labute approximate surface area is 145 Å². The Morgan fingerprint density at radius 3 is 1.68 bits per heavy atom. The first-order valence-corrected chi connectivity index (χ1v) is 16.2. The van der Waals surface area contributed by atoms with Crippen LogP contribution in [0.4, 0.5) is 0 Å². The molecule has 0 aromatic carbocycles. The zero-order valence-electron chi connectivity index (χ0n) is 12.0. The number of hydrogen-bond donors (Lipinski definition) is 0. The molecule has 0 heterocycles. The zero-order valence-corrected chi connectivity index (χ0v) is 18.7. The summed E-state index contributed by atoms with van der Waals surface area (Å²) in [5.74, 6) is -0.372. The molecule has 0 aromatic heterocycles. The number of carbonyl (C=O) groups is 1. The van der Waals surface area contributed by atoms with Crippen LogP contribution in [-0.2, 0) is 32.3 Å². The molecule has 0 aliphatic heterocycles. The van der Waals surface area contributed by atoms with Gasteiger partial charge in [0.1, 0.15) is 0 Å². The van der Waals surface area contributed by atoms with Gasteiger partial charge in [-0.1, -0.05) is 5.57 Å². The van der Waals surface area contributed by atoms with Crippen molar-refractivity contribution in [1.82, 2.24) is 0 Å². The van der Waals surface area contributed by atoms with Gasteiger partial charge in [-0.25, -0.2) is 4.79 Å². The van der Waals surface area contributed by atoms with Crippen LogP contribution in [0.1, 0.15) is 20.8 Å². The summed E-state index contributed by atoms with van der Waals surface area (Å²) in [6.07, 6.45) is 0.0138. The number of halogens is 2. The van der Waals surface area contributed by atoms with Gasteiger partial charge in [-0.15, -0.1) is 0 Å². The van der Waals surface area contributed by atoms with Crippen LogP contribution in [0.2, 0.25) is 0 Å². The summed E-state index contributed by atoms with van der Waals surface area (Å²) >= 11 is 4.74. The fraction of sp³-hybridized carbons (Fsp3) is 0.700. The van der Waals surface area contributed by atoms with Gasteiger partial charge < -0.3 is 18.0 Å². The van der Waals surface area contributed by atoms with E-state index in [1.165, 1.54) is 21.3 Å². The monoisotopic (exact) mass is 553 g/mol. The number of esters is 1. The second-order valence-electron chi connectivity index (χ2n) is 3.56. The van der Waals surface area contributed by atoms with E-state index in [1.807, 2.05) is 13.8 Å². The summed E-state index contributed by atoms with van der Waals surface area (Å²) in [5.41, 5.74) is 1.51. The van der Waals surface area contributed by atoms with Gasteiger partial charge in [0.25, 0.3) is 0 Å². The second kappa shape index (κ2) is 13.0. The molecule has 0 aromatic rings. The molecule has 0 saturated carbocycles. The molecule has 19 heavy (non-hydrogen) atoms. The van der Waals surface area contributed by atoms with Crippen molar-refractivity contribution < 1.29 is 32.3 Å². The quantitative estimate of drug-likeness (QED) is 0.219. The molecule has 0 N–H and O–H groups in total. The van der Waals surface area contributed by atoms with Crippen molar-refractivity contribution in [1.29, 1.82) is 0 Å². The van der Waals surface area contributed by atoms with Gasteiger partial charge >= 0.3 is 64.2 Å². The average molecular weight is 553 g/mol. The zero-order chi connectivity index (χ0) is 15.5. The summed E-state index contributed by atoms with van der Waals surface area (Å²) in [7, 11) is 2.22. The van der Waals surface area contributed by atoms with Crippen molar-refractivity contribution in [2.24, 2.45) is 0 Å². The number of rotatable bonds is 6. The van der Waals surface area contributed by atoms with Gasteiger partial charge in [-0.2, -0.15) is 0 Å². The van der Waals surface area contributed by atoms with E-state index < -0.39 is 8.80 Å². The van der Waals surface area contributed by atoms with E-state index in [4.69, 9.17) is 18.0 Å². The SMILES string of the molecule is CO[Si](COC(=O)C(C)=C(C)C)(OC)OC.[I][V][I]. The predicted molar refractivity (Wildman–Crippen MR) is 89.8 cm³/mol. The van der Waals surface area contributed by atoms with Crippen LogP contribution < -0.4 is 0 Å². The first-order chi connectivity index (χ1) is 8.83. The molecule has 0 aliphatic rings. The number of carbonyl (C=O) groups excluding carboxylic acids is 1. The van der Waals surface area contributed by atoms with Gasteiger partial charge in [-0.05, 0) is 20.8 Å². The number of hydrogen-bond acceptors (Lipinski definition) is 5. The van der Waals surface area contributed by atoms with Gasteiger partial charge in [0.05, 0.1) is 0 Å². The third-order valence-electron chi connectivity index (χ3n) is 2.37. The molecular formula is C10H20I2O5SiV. The third kappa shape index (κ3) is 9.82. The van der Waals surface area contributed by atoms with Gasteiger partial charge in [0, 0.05) is 26.9 Å². The molecule has 0 rings (SSSR count). The molecule has 5 nitrogen and oxygen atoms in total. The van der Waals surface area contributed by atoms with Crippen molar-refractivity contribution in [3.63, 3.8) is 0 Å². The van der Waals surface area contributed by atoms with Crippen molar-refractivity contribution in [3.8, 4) is 0 Å². The summed E-state index contributed by atoms with van der Waals surface area (Å²) in [6.45, 7) is 5.42. The number of ether oxygens (including phenoxy) is 1. The molecule has 9 heteroatoms. The Bertz CT molecular complexity index is 285. The van der Waals surface area contributed by atoms with Crippen molar-refractivity contribution in [3.05, 3.63) is 11.1 Å². The van der Waals surface area contributed by atoms with Crippen LogP contribution in [0.25, 0.3) is 0 Å². The first kappa shape index (κ1) is 22.6. The van der Waals surface area contributed by atoms with Crippen LogP contribution in [-0.4, -0.2) is 42.3 Å². The van der Waals surface area contributed by atoms with Gasteiger partial charge in [-0.3, -0.25) is 0 Å². The Hall–Kier alpha value is 1.35. The summed E-state index contributed by atoms with van der Waals surface area (Å²) in [6, 6.07) is 0. The van der Waals surface area contributed by atoms with Crippen molar-refractivity contribution in [2.75, 3.05) is 27.6 Å². The molecule has 0 atom stereocenters. The standard InChI is InChI=1S/C10H20O5Si.2HI.V/c1-8(2)9(3)10(11)15-7-16(12-4,13-5)14-6;;;/h7H2,1-6H3;2*1H;/q;;;+2/p-2. The summed E-state index contributed by atoms with van der Waals surface area (Å²) in [5, 5.41) is 0. The molecule has 0 amide bonds. The van der Waals surface area contributed by atoms with Gasteiger partial charge in [0.2, 0.25) is 0 Å². The van der Waals surface area contributed by atoms with E-state index in [0.717, 1.165) is 5.57 Å². The molecule has 0 radical (unpaired) electrons. The molecule has 113 valence electrons. The van der Waals surface area contributed by atoms with E-state index in [9.17, 15) is 4.79 Å². The van der Waals surface area contributed by atoms with E-state index in [-0.39, 0.29) is 12.2 Å². The fourth-order valence-corrected chi connectivity index (χ4v) is 2.05. The maximum atomic E-state index is 11.6. The summed E-state index contributed by atoms with van der Waals surface area (Å²) in [4.78, 5) is 11.6. The number of allylic oxidation sites excluding steroid dienone is 1. The predicted octanol–water partition coefficient (Wildman–Crippen LogP) is 3.07. The molecule has 0 spiro atoms. The molecular weight excluding hydrogens is 533 g/mol. The van der Waals surface area contributed by atoms with Crippen LogP contribution in [0.3, 0.4) is 0 Å². The Kier molecular flexibility index (Phi) is 15.5. The van der Waals surface area contributed by atoms with E-state index >= 15 is 0 Å². The minimum atomic E-state index is -2.83. The summed E-state index contributed by atoms with van der Waals surface area (Å²) < 4.78 is 20.5. The van der Waals surface area contributed by atoms with Crippen molar-refractivity contribution in [2.45, 2.75) is 20.8 Å². The van der Waals surface area contributed by atoms with Crippen molar-refractivity contribution >= 4 is 54.7 Å². The maximum absolute atomic E-state index is 11.6. The molecule has 0 saturated heterocycles. The van der Waals surface area contributed by atoms with E-state index in [2.05, 4.69) is 40.0 Å². The topological polar surface area (TPSA) is 54.0 Å². The molecule has 0 fully saturated rings. The van der Waals surface area contributed by atoms with Crippen LogP contribution in [0, 0.1) is 0 Å². The van der Waals surface area contributed by atoms with Gasteiger partial charge in [0.15, 0.2) is 6.23 Å². The van der Waals surface area contributed by atoms with E-state index in [1.54, 1.807) is 6.92 Å². The normalized spacial score (nSPS) is 10.1. The Morgan fingerprint density at radius 2 is 1.42 bits per heavy atom. The molecule has 0 aliphatic carbocycles.